The summed E-state index contributed by atoms with van der Waals surface area (Å²) >= 11 is 0. The van der Waals surface area contributed by atoms with Crippen molar-refractivity contribution in [2.24, 2.45) is 0 Å². The first-order chi connectivity index (χ1) is 8.86. The molecule has 1 aromatic carbocycles. The van der Waals surface area contributed by atoms with E-state index >= 15 is 0 Å². The Balaban J connectivity index is 1.82. The monoisotopic (exact) mass is 242 g/mol. The van der Waals surface area contributed by atoms with E-state index in [9.17, 15) is 0 Å². The predicted molar refractivity (Wildman–Crippen MR) is 69.1 cm³/mol. The van der Waals surface area contributed by atoms with Crippen LogP contribution in [-0.4, -0.2) is 18.6 Å². The highest BCUT2D eigenvalue weighted by molar-refractivity contribution is 5.52. The number of hydrogen-bond donors (Lipinski definition) is 1. The normalized spacial score (nSPS) is 17.3. The molecule has 3 rings (SSSR count). The van der Waals surface area contributed by atoms with Crippen molar-refractivity contribution in [3.8, 4) is 11.5 Å². The molecule has 0 amide bonds. The Morgan fingerprint density at radius 2 is 2.11 bits per heavy atom. The first kappa shape index (κ1) is 10.9. The zero-order valence-electron chi connectivity index (χ0n) is 10.1. The van der Waals surface area contributed by atoms with Crippen LogP contribution >= 0.6 is 0 Å². The van der Waals surface area contributed by atoms with Gasteiger partial charge in [-0.3, -0.25) is 0 Å². The quantitative estimate of drug-likeness (QED) is 0.879. The fourth-order valence-corrected chi connectivity index (χ4v) is 2.01. The Labute approximate surface area is 106 Å². The lowest BCUT2D eigenvalue weighted by Gasteiger charge is -2.26. The second-order valence-corrected chi connectivity index (χ2v) is 4.11. The third kappa shape index (κ3) is 1.97. The summed E-state index contributed by atoms with van der Waals surface area (Å²) in [5.74, 6) is 2.46. The van der Waals surface area contributed by atoms with Crippen LogP contribution in [0.4, 0.5) is 5.82 Å². The van der Waals surface area contributed by atoms with Crippen molar-refractivity contribution in [3.63, 3.8) is 0 Å². The highest BCUT2D eigenvalue weighted by atomic mass is 16.5. The highest BCUT2D eigenvalue weighted by Crippen LogP contribution is 2.32. The molecule has 1 aliphatic rings. The topological polar surface area (TPSA) is 43.4 Å². The van der Waals surface area contributed by atoms with Crippen molar-refractivity contribution >= 4 is 5.82 Å². The Bertz CT molecular complexity index is 540. The number of hydrogen-bond acceptors (Lipinski definition) is 4. The summed E-state index contributed by atoms with van der Waals surface area (Å²) in [6.45, 7) is 0.719. The van der Waals surface area contributed by atoms with Gasteiger partial charge in [0.2, 0.25) is 0 Å². The van der Waals surface area contributed by atoms with Gasteiger partial charge in [0.05, 0.1) is 13.7 Å². The molecule has 0 radical (unpaired) electrons. The second kappa shape index (κ2) is 4.56. The van der Waals surface area contributed by atoms with Crippen molar-refractivity contribution in [3.05, 3.63) is 48.2 Å². The minimum Gasteiger partial charge on any atom is -0.497 e. The molecule has 92 valence electrons. The Hall–Kier alpha value is -2.23. The summed E-state index contributed by atoms with van der Waals surface area (Å²) in [5, 5.41) is 3.27. The summed E-state index contributed by atoms with van der Waals surface area (Å²) < 4.78 is 11.1. The van der Waals surface area contributed by atoms with E-state index in [1.54, 1.807) is 13.3 Å². The number of aromatic nitrogens is 1. The maximum atomic E-state index is 5.93. The lowest BCUT2D eigenvalue weighted by Crippen LogP contribution is -2.24. The van der Waals surface area contributed by atoms with Crippen LogP contribution in [0.1, 0.15) is 11.7 Å². The summed E-state index contributed by atoms with van der Waals surface area (Å²) in [6, 6.07) is 11.7. The van der Waals surface area contributed by atoms with Crippen molar-refractivity contribution in [1.29, 1.82) is 0 Å². The van der Waals surface area contributed by atoms with Crippen molar-refractivity contribution in [1.82, 2.24) is 4.98 Å². The first-order valence-corrected chi connectivity index (χ1v) is 5.86. The number of rotatable bonds is 2. The number of pyridine rings is 1. The number of nitrogens with zero attached hydrogens (tertiary/aromatic N) is 1. The fourth-order valence-electron chi connectivity index (χ4n) is 2.01. The molecule has 2 aromatic rings. The maximum absolute atomic E-state index is 5.93. The zero-order valence-corrected chi connectivity index (χ0v) is 10.1. The molecular weight excluding hydrogens is 228 g/mol. The van der Waals surface area contributed by atoms with Gasteiger partial charge in [0.1, 0.15) is 11.9 Å². The molecular formula is C14H14N2O2. The molecule has 1 atom stereocenters. The lowest BCUT2D eigenvalue weighted by molar-refractivity contribution is 0.209. The standard InChI is InChI=1S/C14H14N2O2/c1-17-11-6-4-10(5-7-11)13-9-16-14-12(18-13)3-2-8-15-14/h2-8,13H,9H2,1H3,(H,15,16). The first-order valence-electron chi connectivity index (χ1n) is 5.86. The molecule has 0 bridgehead atoms. The summed E-state index contributed by atoms with van der Waals surface area (Å²) in [7, 11) is 1.66. The van der Waals surface area contributed by atoms with Crippen LogP contribution in [0.5, 0.6) is 11.5 Å². The third-order valence-corrected chi connectivity index (χ3v) is 2.98. The lowest BCUT2D eigenvalue weighted by atomic mass is 10.1. The number of nitrogens with one attached hydrogen (secondary N) is 1. The van der Waals surface area contributed by atoms with Crippen LogP contribution in [0.3, 0.4) is 0 Å². The second-order valence-electron chi connectivity index (χ2n) is 4.11. The smallest absolute Gasteiger partial charge is 0.168 e. The largest absolute Gasteiger partial charge is 0.497 e. The summed E-state index contributed by atoms with van der Waals surface area (Å²) in [6.07, 6.45) is 1.76. The number of anilines is 1. The zero-order chi connectivity index (χ0) is 12.4. The van der Waals surface area contributed by atoms with Crippen LogP contribution in [0.25, 0.3) is 0 Å². The van der Waals surface area contributed by atoms with Crippen molar-refractivity contribution in [2.45, 2.75) is 6.10 Å². The van der Waals surface area contributed by atoms with E-state index in [1.165, 1.54) is 0 Å². The molecule has 1 aromatic heterocycles. The van der Waals surface area contributed by atoms with Gasteiger partial charge in [-0.2, -0.15) is 0 Å². The van der Waals surface area contributed by atoms with Crippen LogP contribution in [-0.2, 0) is 0 Å². The molecule has 0 spiro atoms. The Kier molecular flexibility index (Phi) is 2.76. The SMILES string of the molecule is COc1ccc(C2CNc3ncccc3O2)cc1. The van der Waals surface area contributed by atoms with E-state index in [0.29, 0.717) is 0 Å². The van der Waals surface area contributed by atoms with E-state index in [2.05, 4.69) is 10.3 Å². The molecule has 18 heavy (non-hydrogen) atoms. The molecule has 0 fully saturated rings. The molecule has 0 saturated heterocycles. The van der Waals surface area contributed by atoms with Crippen LogP contribution in [0, 0.1) is 0 Å². The highest BCUT2D eigenvalue weighted by Gasteiger charge is 2.21. The van der Waals surface area contributed by atoms with Gasteiger partial charge in [-0.1, -0.05) is 12.1 Å². The van der Waals surface area contributed by atoms with Gasteiger partial charge in [-0.05, 0) is 29.8 Å². The minimum absolute atomic E-state index is 0.00704. The van der Waals surface area contributed by atoms with Crippen LogP contribution in [0.2, 0.25) is 0 Å². The molecule has 4 heteroatoms. The van der Waals surface area contributed by atoms with Gasteiger partial charge in [-0.15, -0.1) is 0 Å². The number of benzene rings is 1. The fraction of sp³-hybridized carbons (Fsp3) is 0.214. The van der Waals surface area contributed by atoms with Gasteiger partial charge in [0.15, 0.2) is 11.6 Å². The minimum atomic E-state index is 0.00704. The molecule has 1 aliphatic heterocycles. The Morgan fingerprint density at radius 1 is 1.28 bits per heavy atom. The van der Waals surface area contributed by atoms with Gasteiger partial charge < -0.3 is 14.8 Å². The van der Waals surface area contributed by atoms with Crippen molar-refractivity contribution < 1.29 is 9.47 Å². The molecule has 1 N–H and O–H groups in total. The van der Waals surface area contributed by atoms with Gasteiger partial charge in [0.25, 0.3) is 0 Å². The molecule has 2 heterocycles. The summed E-state index contributed by atoms with van der Waals surface area (Å²) in [5.41, 5.74) is 1.12. The Morgan fingerprint density at radius 3 is 2.89 bits per heavy atom. The molecule has 0 saturated carbocycles. The summed E-state index contributed by atoms with van der Waals surface area (Å²) in [4.78, 5) is 4.22. The maximum Gasteiger partial charge on any atom is 0.168 e. The molecule has 1 unspecified atom stereocenters. The van der Waals surface area contributed by atoms with E-state index < -0.39 is 0 Å². The van der Waals surface area contributed by atoms with Gasteiger partial charge in [-0.25, -0.2) is 4.98 Å². The molecule has 0 aliphatic carbocycles. The van der Waals surface area contributed by atoms with Crippen LogP contribution in [0.15, 0.2) is 42.6 Å². The van der Waals surface area contributed by atoms with Crippen LogP contribution < -0.4 is 14.8 Å². The van der Waals surface area contributed by atoms with E-state index in [0.717, 1.165) is 29.4 Å². The van der Waals surface area contributed by atoms with E-state index in [4.69, 9.17) is 9.47 Å². The van der Waals surface area contributed by atoms with Gasteiger partial charge >= 0.3 is 0 Å². The van der Waals surface area contributed by atoms with E-state index in [-0.39, 0.29) is 6.10 Å². The van der Waals surface area contributed by atoms with E-state index in [1.807, 2.05) is 36.4 Å². The average Bonchev–Trinajstić information content (AvgIpc) is 2.47. The van der Waals surface area contributed by atoms with Gasteiger partial charge in [0, 0.05) is 6.20 Å². The van der Waals surface area contributed by atoms with Crippen molar-refractivity contribution in [2.75, 3.05) is 19.0 Å². The number of fused-ring (bicyclic) bond motifs is 1. The number of methoxy groups -OCH3 is 1. The molecule has 4 nitrogen and oxygen atoms in total. The predicted octanol–water partition coefficient (Wildman–Crippen LogP) is 2.64. The average molecular weight is 242 g/mol. The third-order valence-electron chi connectivity index (χ3n) is 2.98. The number of ether oxygens (including phenoxy) is 2.